The summed E-state index contributed by atoms with van der Waals surface area (Å²) in [6.07, 6.45) is 6.49. The fourth-order valence-corrected chi connectivity index (χ4v) is 4.97. The normalized spacial score (nSPS) is 24.8. The van der Waals surface area contributed by atoms with Crippen molar-refractivity contribution in [1.82, 2.24) is 4.90 Å². The zero-order valence-corrected chi connectivity index (χ0v) is 19.2. The number of piperidine rings is 1. The maximum absolute atomic E-state index is 9.06. The van der Waals surface area contributed by atoms with Crippen LogP contribution >= 0.6 is 0 Å². The first-order valence-corrected chi connectivity index (χ1v) is 11.7. The molecule has 33 heavy (non-hydrogen) atoms. The van der Waals surface area contributed by atoms with E-state index in [1.165, 1.54) is 24.8 Å². The minimum Gasteiger partial charge on any atom is -0.439 e. The van der Waals surface area contributed by atoms with Gasteiger partial charge in [-0.15, -0.1) is 0 Å². The standard InChI is InChI=1S/C27H29N5O/c1-19-7-6-8-21(15-19)29-25-16-23-27(2,31-25)24(32-13-4-3-5-14-32)17-26(30-23)33-22-11-9-20(18-28)10-12-22/h6-12,15,17,24H,3-5,13-14,16H2,1-2H3,(H,29,31). The molecule has 1 N–H and O–H groups in total. The van der Waals surface area contributed by atoms with Crippen molar-refractivity contribution in [3.05, 3.63) is 71.6 Å². The van der Waals surface area contributed by atoms with Crippen LogP contribution in [0.15, 0.2) is 70.5 Å². The van der Waals surface area contributed by atoms with E-state index in [0.29, 0.717) is 23.6 Å². The van der Waals surface area contributed by atoms with Gasteiger partial charge in [0.05, 0.1) is 23.4 Å². The topological polar surface area (TPSA) is 73.0 Å². The van der Waals surface area contributed by atoms with Gasteiger partial charge in [-0.2, -0.15) is 5.26 Å². The van der Waals surface area contributed by atoms with Crippen molar-refractivity contribution in [2.75, 3.05) is 18.4 Å². The number of nitriles is 1. The van der Waals surface area contributed by atoms with Crippen LogP contribution in [0.25, 0.3) is 0 Å². The average molecular weight is 440 g/mol. The minimum absolute atomic E-state index is 0.0930. The van der Waals surface area contributed by atoms with Crippen molar-refractivity contribution in [3.63, 3.8) is 0 Å². The molecule has 0 saturated carbocycles. The molecule has 2 aromatic rings. The Kier molecular flexibility index (Phi) is 5.74. The first-order chi connectivity index (χ1) is 16.0. The van der Waals surface area contributed by atoms with Gasteiger partial charge in [0.15, 0.2) is 0 Å². The van der Waals surface area contributed by atoms with Gasteiger partial charge in [-0.3, -0.25) is 9.89 Å². The van der Waals surface area contributed by atoms with Gasteiger partial charge in [-0.25, -0.2) is 4.99 Å². The molecule has 3 aliphatic heterocycles. The highest BCUT2D eigenvalue weighted by Crippen LogP contribution is 2.37. The molecule has 0 amide bonds. The Bertz CT molecular complexity index is 1170. The Labute approximate surface area is 195 Å². The van der Waals surface area contributed by atoms with Crippen LogP contribution in [-0.4, -0.2) is 41.1 Å². The number of ether oxygens (including phenoxy) is 1. The SMILES string of the molecule is Cc1cccc(NC2=NC3(C)C(=NC(Oc4ccc(C#N)cc4)=CC3N3CCCCC3)C2)c1. The second-order valence-electron chi connectivity index (χ2n) is 9.22. The quantitative estimate of drug-likeness (QED) is 0.722. The number of likely N-dealkylation sites (tertiary alicyclic amines) is 1. The lowest BCUT2D eigenvalue weighted by molar-refractivity contribution is 0.156. The molecule has 2 aromatic carbocycles. The molecule has 6 heteroatoms. The van der Waals surface area contributed by atoms with Crippen molar-refractivity contribution >= 4 is 17.2 Å². The van der Waals surface area contributed by atoms with Gasteiger partial charge < -0.3 is 10.1 Å². The van der Waals surface area contributed by atoms with Gasteiger partial charge in [-0.1, -0.05) is 18.6 Å². The zero-order valence-electron chi connectivity index (χ0n) is 19.2. The number of anilines is 1. The Hall–Kier alpha value is -3.43. The Balaban J connectivity index is 1.44. The molecule has 3 heterocycles. The molecule has 168 valence electrons. The molecular formula is C27H29N5O. The molecule has 1 saturated heterocycles. The van der Waals surface area contributed by atoms with Crippen LogP contribution in [-0.2, 0) is 0 Å². The van der Waals surface area contributed by atoms with Crippen LogP contribution < -0.4 is 10.1 Å². The molecule has 0 aromatic heterocycles. The highest BCUT2D eigenvalue weighted by atomic mass is 16.5. The molecule has 0 bridgehead atoms. The third kappa shape index (κ3) is 4.42. The third-order valence-corrected chi connectivity index (χ3v) is 6.70. The Morgan fingerprint density at radius 3 is 2.64 bits per heavy atom. The zero-order chi connectivity index (χ0) is 22.8. The van der Waals surface area contributed by atoms with Gasteiger partial charge in [0.1, 0.15) is 17.1 Å². The third-order valence-electron chi connectivity index (χ3n) is 6.70. The summed E-state index contributed by atoms with van der Waals surface area (Å²) in [5, 5.41) is 12.6. The van der Waals surface area contributed by atoms with Crippen molar-refractivity contribution in [2.45, 2.75) is 51.1 Å². The summed E-state index contributed by atoms with van der Waals surface area (Å²) in [5.74, 6) is 2.23. The molecule has 0 spiro atoms. The van der Waals surface area contributed by atoms with E-state index in [-0.39, 0.29) is 6.04 Å². The van der Waals surface area contributed by atoms with Crippen LogP contribution in [0.1, 0.15) is 43.7 Å². The van der Waals surface area contributed by atoms with Gasteiger partial charge in [0.2, 0.25) is 5.88 Å². The lowest BCUT2D eigenvalue weighted by atomic mass is 9.84. The van der Waals surface area contributed by atoms with E-state index in [1.54, 1.807) is 12.1 Å². The van der Waals surface area contributed by atoms with E-state index in [2.05, 4.69) is 60.5 Å². The van der Waals surface area contributed by atoms with Gasteiger partial charge in [0.25, 0.3) is 0 Å². The maximum atomic E-state index is 9.06. The summed E-state index contributed by atoms with van der Waals surface area (Å²) in [4.78, 5) is 12.6. The number of benzene rings is 2. The molecule has 1 fully saturated rings. The van der Waals surface area contributed by atoms with E-state index in [9.17, 15) is 0 Å². The number of hydrogen-bond acceptors (Lipinski definition) is 6. The van der Waals surface area contributed by atoms with Crippen LogP contribution in [0, 0.1) is 18.3 Å². The molecule has 2 unspecified atom stereocenters. The number of rotatable bonds is 4. The van der Waals surface area contributed by atoms with Crippen LogP contribution in [0.5, 0.6) is 5.75 Å². The molecule has 3 aliphatic rings. The van der Waals surface area contributed by atoms with Crippen LogP contribution in [0.3, 0.4) is 0 Å². The lowest BCUT2D eigenvalue weighted by Gasteiger charge is -2.42. The molecule has 6 nitrogen and oxygen atoms in total. The summed E-state index contributed by atoms with van der Waals surface area (Å²) in [6.45, 7) is 6.41. The van der Waals surface area contributed by atoms with E-state index < -0.39 is 5.54 Å². The molecule has 5 rings (SSSR count). The number of nitrogens with one attached hydrogen (secondary N) is 1. The van der Waals surface area contributed by atoms with Gasteiger partial charge in [-0.05, 0) is 87.8 Å². The fraction of sp³-hybridized carbons (Fsp3) is 0.370. The maximum Gasteiger partial charge on any atom is 0.216 e. The second kappa shape index (κ2) is 8.84. The van der Waals surface area contributed by atoms with Crippen molar-refractivity contribution in [1.29, 1.82) is 5.26 Å². The number of aryl methyl sites for hydroxylation is 1. The summed E-state index contributed by atoms with van der Waals surface area (Å²) in [6, 6.07) is 17.8. The van der Waals surface area contributed by atoms with Crippen molar-refractivity contribution in [2.24, 2.45) is 9.98 Å². The molecule has 0 aliphatic carbocycles. The average Bonchev–Trinajstić information content (AvgIpc) is 3.15. The minimum atomic E-state index is -0.416. The van der Waals surface area contributed by atoms with E-state index in [0.717, 1.165) is 30.3 Å². The number of hydrogen-bond donors (Lipinski definition) is 1. The fourth-order valence-electron chi connectivity index (χ4n) is 4.97. The molecule has 2 atom stereocenters. The predicted octanol–water partition coefficient (Wildman–Crippen LogP) is 5.07. The Morgan fingerprint density at radius 2 is 1.91 bits per heavy atom. The highest BCUT2D eigenvalue weighted by molar-refractivity contribution is 6.18. The lowest BCUT2D eigenvalue weighted by Crippen LogP contribution is -2.55. The van der Waals surface area contributed by atoms with Crippen LogP contribution in [0.4, 0.5) is 5.69 Å². The molecule has 0 radical (unpaired) electrons. The van der Waals surface area contributed by atoms with Gasteiger partial charge >= 0.3 is 0 Å². The van der Waals surface area contributed by atoms with Crippen LogP contribution in [0.2, 0.25) is 0 Å². The number of amidine groups is 1. The van der Waals surface area contributed by atoms with Crippen molar-refractivity contribution < 1.29 is 4.74 Å². The second-order valence-corrected chi connectivity index (χ2v) is 9.22. The highest BCUT2D eigenvalue weighted by Gasteiger charge is 2.48. The number of fused-ring (bicyclic) bond motifs is 1. The smallest absolute Gasteiger partial charge is 0.216 e. The van der Waals surface area contributed by atoms with E-state index >= 15 is 0 Å². The van der Waals surface area contributed by atoms with E-state index in [4.69, 9.17) is 20.0 Å². The summed E-state index contributed by atoms with van der Waals surface area (Å²) < 4.78 is 6.16. The first kappa shape index (κ1) is 21.4. The van der Waals surface area contributed by atoms with Crippen molar-refractivity contribution in [3.8, 4) is 11.8 Å². The summed E-state index contributed by atoms with van der Waals surface area (Å²) in [7, 11) is 0. The van der Waals surface area contributed by atoms with E-state index in [1.807, 2.05) is 12.1 Å². The Morgan fingerprint density at radius 1 is 1.12 bits per heavy atom. The largest absolute Gasteiger partial charge is 0.439 e. The number of nitrogens with zero attached hydrogens (tertiary/aromatic N) is 4. The predicted molar refractivity (Wildman–Crippen MR) is 132 cm³/mol. The summed E-state index contributed by atoms with van der Waals surface area (Å²) >= 11 is 0. The monoisotopic (exact) mass is 439 g/mol. The summed E-state index contributed by atoms with van der Waals surface area (Å²) in [5.41, 5.74) is 3.49. The van der Waals surface area contributed by atoms with Gasteiger partial charge in [0, 0.05) is 12.1 Å². The first-order valence-electron chi connectivity index (χ1n) is 11.7. The number of aliphatic imine (C=N–C) groups is 2. The molecular weight excluding hydrogens is 410 g/mol.